The highest BCUT2D eigenvalue weighted by molar-refractivity contribution is 6.33. The zero-order valence-corrected chi connectivity index (χ0v) is 16.9. The maximum atomic E-state index is 13.8. The molecule has 4 N–H and O–H groups in total. The van der Waals surface area contributed by atoms with Crippen LogP contribution in [0.1, 0.15) is 33.4 Å². The number of aliphatic hydroxyl groups excluding tert-OH is 3. The van der Waals surface area contributed by atoms with Crippen LogP contribution in [-0.2, 0) is 0 Å². The van der Waals surface area contributed by atoms with Gasteiger partial charge in [0.1, 0.15) is 23.3 Å². The summed E-state index contributed by atoms with van der Waals surface area (Å²) in [5.74, 6) is -6.50. The third kappa shape index (κ3) is 4.23. The van der Waals surface area contributed by atoms with E-state index in [1.165, 1.54) is 24.3 Å². The lowest BCUT2D eigenvalue weighted by molar-refractivity contribution is 0.0953. The number of carbonyl (C=O) groups is 1. The van der Waals surface area contributed by atoms with Gasteiger partial charge in [-0.15, -0.1) is 0 Å². The van der Waals surface area contributed by atoms with Crippen LogP contribution in [0.5, 0.6) is 0 Å². The Hall–Kier alpha value is -3.95. The van der Waals surface area contributed by atoms with Crippen LogP contribution in [0.3, 0.4) is 0 Å². The predicted molar refractivity (Wildman–Crippen MR) is 115 cm³/mol. The van der Waals surface area contributed by atoms with Crippen molar-refractivity contribution in [2.45, 2.75) is 6.10 Å². The van der Waals surface area contributed by atoms with Crippen LogP contribution in [0.4, 0.5) is 13.2 Å². The number of benzene rings is 3. The molecule has 0 spiro atoms. The predicted octanol–water partition coefficient (Wildman–Crippen LogP) is 4.32. The van der Waals surface area contributed by atoms with E-state index in [1.54, 1.807) is 24.3 Å². The van der Waals surface area contributed by atoms with E-state index in [9.17, 15) is 33.3 Å². The van der Waals surface area contributed by atoms with E-state index < -0.39 is 52.8 Å². The molecular weight excluding hydrogens is 437 g/mol. The molecule has 3 aromatic carbocycles. The van der Waals surface area contributed by atoms with E-state index in [1.807, 2.05) is 0 Å². The number of aromatic amines is 1. The molecule has 0 saturated carbocycles. The topological polar surface area (TPSA) is 106 Å². The number of aliphatic hydroxyl groups is 3. The Morgan fingerprint density at radius 1 is 0.970 bits per heavy atom. The zero-order valence-electron chi connectivity index (χ0n) is 16.9. The molecule has 1 aromatic heterocycles. The van der Waals surface area contributed by atoms with Crippen LogP contribution in [-0.4, -0.2) is 37.7 Å². The van der Waals surface area contributed by atoms with Gasteiger partial charge in [-0.2, -0.15) is 0 Å². The second kappa shape index (κ2) is 8.89. The van der Waals surface area contributed by atoms with Gasteiger partial charge in [0.05, 0.1) is 17.6 Å². The number of nitrogens with zero attached hydrogens (tertiary/aromatic N) is 1. The summed E-state index contributed by atoms with van der Waals surface area (Å²) in [6.07, 6.45) is -1.25. The van der Waals surface area contributed by atoms with E-state index in [-0.39, 0.29) is 17.0 Å². The Morgan fingerprint density at radius 2 is 1.67 bits per heavy atom. The van der Waals surface area contributed by atoms with Gasteiger partial charge in [-0.1, -0.05) is 30.3 Å². The highest BCUT2D eigenvalue weighted by Gasteiger charge is 2.25. The lowest BCUT2D eigenvalue weighted by Crippen LogP contribution is -2.10. The molecule has 6 nitrogen and oxygen atoms in total. The first-order valence-corrected chi connectivity index (χ1v) is 9.77. The number of Topliss-reactive ketones (excluding diaryl/α,β-unsaturated/α-hetero) is 1. The van der Waals surface area contributed by atoms with Crippen LogP contribution < -0.4 is 0 Å². The molecule has 0 fully saturated rings. The van der Waals surface area contributed by atoms with Crippen LogP contribution in [0.2, 0.25) is 0 Å². The minimum absolute atomic E-state index is 0.00469. The zero-order chi connectivity index (χ0) is 23.7. The summed E-state index contributed by atoms with van der Waals surface area (Å²) in [5, 5.41) is 30.0. The normalized spacial score (nSPS) is 13.1. The van der Waals surface area contributed by atoms with Crippen molar-refractivity contribution in [3.05, 3.63) is 101 Å². The second-order valence-electron chi connectivity index (χ2n) is 7.23. The van der Waals surface area contributed by atoms with Gasteiger partial charge >= 0.3 is 0 Å². The van der Waals surface area contributed by atoms with Gasteiger partial charge in [0.2, 0.25) is 5.78 Å². The molecule has 1 heterocycles. The standard InChI is InChI=1S/C24H17F3N2O4/c25-15-9-14(10-16(26)21(15)27)23(33)20(24-28-17-6-1-2-7-18(17)29-24)22(32)13-5-3-4-12(8-13)19(31)11-30/h1-10,19,30-31,33H,11H2,(H,28,29)/b23-20-. The number of fused-ring (bicyclic) bond motifs is 1. The number of nitrogens with one attached hydrogen (secondary N) is 1. The summed E-state index contributed by atoms with van der Waals surface area (Å²) >= 11 is 0. The number of halogens is 3. The van der Waals surface area contributed by atoms with Crippen LogP contribution >= 0.6 is 0 Å². The molecule has 0 saturated heterocycles. The van der Waals surface area contributed by atoms with Crippen molar-refractivity contribution in [2.24, 2.45) is 0 Å². The van der Waals surface area contributed by atoms with Gasteiger partial charge in [0, 0.05) is 11.1 Å². The summed E-state index contributed by atoms with van der Waals surface area (Å²) < 4.78 is 41.1. The van der Waals surface area contributed by atoms with Gasteiger partial charge < -0.3 is 20.3 Å². The van der Waals surface area contributed by atoms with E-state index in [0.717, 1.165) is 0 Å². The van der Waals surface area contributed by atoms with Crippen molar-refractivity contribution < 1.29 is 33.3 Å². The maximum absolute atomic E-state index is 13.8. The summed E-state index contributed by atoms with van der Waals surface area (Å²) in [6, 6.07) is 13.6. The van der Waals surface area contributed by atoms with Crippen molar-refractivity contribution in [1.82, 2.24) is 9.97 Å². The molecule has 0 aliphatic heterocycles. The van der Waals surface area contributed by atoms with Gasteiger partial charge in [-0.3, -0.25) is 4.79 Å². The number of allylic oxidation sites excluding steroid dienone is 1. The number of rotatable bonds is 6. The Morgan fingerprint density at radius 3 is 2.33 bits per heavy atom. The van der Waals surface area contributed by atoms with Crippen LogP contribution in [0, 0.1) is 17.5 Å². The Balaban J connectivity index is 1.93. The molecule has 0 radical (unpaired) electrons. The molecule has 0 aliphatic rings. The molecule has 0 bridgehead atoms. The molecule has 9 heteroatoms. The first-order valence-electron chi connectivity index (χ1n) is 9.77. The number of hydrogen-bond acceptors (Lipinski definition) is 5. The number of para-hydroxylation sites is 2. The molecule has 168 valence electrons. The third-order valence-corrected chi connectivity index (χ3v) is 5.05. The number of ketones is 1. The van der Waals surface area contributed by atoms with Crippen molar-refractivity contribution in [3.8, 4) is 0 Å². The summed E-state index contributed by atoms with van der Waals surface area (Å²) in [7, 11) is 0. The fourth-order valence-electron chi connectivity index (χ4n) is 3.37. The van der Waals surface area contributed by atoms with Crippen molar-refractivity contribution in [3.63, 3.8) is 0 Å². The second-order valence-corrected chi connectivity index (χ2v) is 7.23. The number of aromatic nitrogens is 2. The number of imidazole rings is 1. The number of H-pyrrole nitrogens is 1. The van der Waals surface area contributed by atoms with E-state index in [0.29, 0.717) is 23.2 Å². The first kappa shape index (κ1) is 22.3. The number of hydrogen-bond donors (Lipinski definition) is 4. The summed E-state index contributed by atoms with van der Waals surface area (Å²) in [4.78, 5) is 20.6. The SMILES string of the molecule is O=C(/C(=C(/O)c1cc(F)c(F)c(F)c1)c1nc2ccccc2[nH]1)c1cccc(C(O)CO)c1. The quantitative estimate of drug-likeness (QED) is 0.150. The lowest BCUT2D eigenvalue weighted by Gasteiger charge is -2.12. The lowest BCUT2D eigenvalue weighted by atomic mass is 9.96. The van der Waals surface area contributed by atoms with Crippen molar-refractivity contribution in [2.75, 3.05) is 6.61 Å². The highest BCUT2D eigenvalue weighted by atomic mass is 19.2. The van der Waals surface area contributed by atoms with Crippen molar-refractivity contribution in [1.29, 1.82) is 0 Å². The van der Waals surface area contributed by atoms with Gasteiger partial charge in [0.25, 0.3) is 0 Å². The molecule has 0 amide bonds. The summed E-state index contributed by atoms with van der Waals surface area (Å²) in [6.45, 7) is -0.580. The van der Waals surface area contributed by atoms with Gasteiger partial charge in [-0.05, 0) is 35.9 Å². The van der Waals surface area contributed by atoms with Gasteiger partial charge in [-0.25, -0.2) is 18.2 Å². The smallest absolute Gasteiger partial charge is 0.200 e. The van der Waals surface area contributed by atoms with Crippen LogP contribution in [0.15, 0.2) is 60.7 Å². The maximum Gasteiger partial charge on any atom is 0.200 e. The molecule has 1 unspecified atom stereocenters. The molecule has 0 aliphatic carbocycles. The average molecular weight is 454 g/mol. The Bertz CT molecular complexity index is 1340. The Kier molecular flexibility index (Phi) is 5.99. The van der Waals surface area contributed by atoms with E-state index in [2.05, 4.69) is 9.97 Å². The largest absolute Gasteiger partial charge is 0.506 e. The minimum atomic E-state index is -1.71. The fourth-order valence-corrected chi connectivity index (χ4v) is 3.37. The summed E-state index contributed by atoms with van der Waals surface area (Å²) in [5.41, 5.74) is 0.350. The fraction of sp³-hybridized carbons (Fsp3) is 0.0833. The first-order chi connectivity index (χ1) is 15.8. The molecule has 33 heavy (non-hydrogen) atoms. The monoisotopic (exact) mass is 454 g/mol. The van der Waals surface area contributed by atoms with Crippen molar-refractivity contribution >= 4 is 28.1 Å². The third-order valence-electron chi connectivity index (χ3n) is 5.05. The van der Waals surface area contributed by atoms with Gasteiger partial charge in [0.15, 0.2) is 17.5 Å². The minimum Gasteiger partial charge on any atom is -0.506 e. The average Bonchev–Trinajstić information content (AvgIpc) is 3.25. The highest BCUT2D eigenvalue weighted by Crippen LogP contribution is 2.30. The Labute approximate surface area is 185 Å². The molecule has 4 rings (SSSR count). The number of carbonyl (C=O) groups excluding carboxylic acids is 1. The molecular formula is C24H17F3N2O4. The van der Waals surface area contributed by atoms with E-state index in [4.69, 9.17) is 0 Å². The molecule has 4 aromatic rings. The molecule has 1 atom stereocenters. The van der Waals surface area contributed by atoms with Crippen LogP contribution in [0.25, 0.3) is 22.4 Å². The van der Waals surface area contributed by atoms with E-state index >= 15 is 0 Å².